The molecule has 22 heavy (non-hydrogen) atoms. The topological polar surface area (TPSA) is 87.6 Å². The Morgan fingerprint density at radius 1 is 0.864 bits per heavy atom. The summed E-state index contributed by atoms with van der Waals surface area (Å²) in [5, 5.41) is 8.28. The Kier molecular flexibility index (Phi) is 7.19. The second-order valence-corrected chi connectivity index (χ2v) is 8.50. The summed E-state index contributed by atoms with van der Waals surface area (Å²) in [5.74, 6) is -0.328. The zero-order valence-corrected chi connectivity index (χ0v) is 15.0. The van der Waals surface area contributed by atoms with Crippen molar-refractivity contribution in [3.63, 3.8) is 0 Å². The van der Waals surface area contributed by atoms with Crippen LogP contribution in [0.4, 0.5) is 0 Å². The largest absolute Gasteiger partial charge is 0.355 e. The van der Waals surface area contributed by atoms with Crippen LogP contribution in [0.25, 0.3) is 0 Å². The molecule has 2 N–H and O–H groups in total. The van der Waals surface area contributed by atoms with Crippen LogP contribution in [0.5, 0.6) is 0 Å². The van der Waals surface area contributed by atoms with Crippen LogP contribution in [0.2, 0.25) is 0 Å². The van der Waals surface area contributed by atoms with Gasteiger partial charge >= 0.3 is 0 Å². The van der Waals surface area contributed by atoms with Gasteiger partial charge in [-0.3, -0.25) is 9.59 Å². The number of carbonyl (C=O) groups excluding carboxylic acids is 2. The number of nitrogens with one attached hydrogen (secondary N) is 2. The van der Waals surface area contributed by atoms with E-state index in [1.165, 1.54) is 0 Å². The first-order valence-corrected chi connectivity index (χ1v) is 7.63. The number of amides is 2. The van der Waals surface area contributed by atoms with Gasteiger partial charge in [-0.05, 0) is 17.3 Å². The normalized spacial score (nSPS) is 12.7. The lowest BCUT2D eigenvalue weighted by Crippen LogP contribution is -2.43. The molecule has 0 spiro atoms. The third-order valence-corrected chi connectivity index (χ3v) is 3.34. The van der Waals surface area contributed by atoms with Crippen molar-refractivity contribution < 1.29 is 9.59 Å². The fraction of sp³-hybridized carbons (Fsp3) is 0.875. The smallest absolute Gasteiger partial charge is 0.245 e. The molecule has 0 fully saturated rings. The average Bonchev–Trinajstić information content (AvgIpc) is 2.31. The molecule has 0 radical (unpaired) electrons. The van der Waals surface area contributed by atoms with Gasteiger partial charge < -0.3 is 10.6 Å². The molecule has 0 aromatic rings. The SMILES string of the molecule is CC(C)(CNC(=O)CN=O)CC(C)(C)CNC(=O)C(C)(C)C. The molecular weight excluding hydrogens is 282 g/mol. The quantitative estimate of drug-likeness (QED) is 0.675. The van der Waals surface area contributed by atoms with E-state index in [1.807, 2.05) is 20.8 Å². The van der Waals surface area contributed by atoms with Crippen molar-refractivity contribution in [1.82, 2.24) is 10.6 Å². The van der Waals surface area contributed by atoms with E-state index in [4.69, 9.17) is 0 Å². The maximum Gasteiger partial charge on any atom is 0.245 e. The number of nitrogens with zero attached hydrogens (tertiary/aromatic N) is 1. The van der Waals surface area contributed by atoms with E-state index in [9.17, 15) is 14.5 Å². The van der Waals surface area contributed by atoms with E-state index in [0.717, 1.165) is 6.42 Å². The van der Waals surface area contributed by atoms with Crippen molar-refractivity contribution in [3.05, 3.63) is 4.91 Å². The monoisotopic (exact) mass is 313 g/mol. The van der Waals surface area contributed by atoms with Gasteiger partial charge in [0.2, 0.25) is 11.8 Å². The minimum Gasteiger partial charge on any atom is -0.355 e. The molecule has 0 aliphatic carbocycles. The van der Waals surface area contributed by atoms with E-state index in [1.54, 1.807) is 0 Å². The summed E-state index contributed by atoms with van der Waals surface area (Å²) in [6.45, 7) is 14.6. The molecule has 0 saturated carbocycles. The molecule has 0 aromatic heterocycles. The van der Waals surface area contributed by atoms with E-state index in [2.05, 4.69) is 43.5 Å². The van der Waals surface area contributed by atoms with Gasteiger partial charge in [0, 0.05) is 18.5 Å². The highest BCUT2D eigenvalue weighted by Gasteiger charge is 2.31. The van der Waals surface area contributed by atoms with Crippen molar-refractivity contribution >= 4 is 11.8 Å². The van der Waals surface area contributed by atoms with Crippen LogP contribution >= 0.6 is 0 Å². The maximum absolute atomic E-state index is 12.0. The second-order valence-electron chi connectivity index (χ2n) is 8.50. The van der Waals surface area contributed by atoms with Crippen LogP contribution in [0.3, 0.4) is 0 Å². The van der Waals surface area contributed by atoms with Gasteiger partial charge in [0.1, 0.15) is 0 Å². The Bertz CT molecular complexity index is 409. The molecule has 6 nitrogen and oxygen atoms in total. The zero-order chi connectivity index (χ0) is 17.6. The summed E-state index contributed by atoms with van der Waals surface area (Å²) in [7, 11) is 0. The van der Waals surface area contributed by atoms with Gasteiger partial charge in [-0.15, -0.1) is 0 Å². The van der Waals surface area contributed by atoms with Crippen LogP contribution < -0.4 is 10.6 Å². The molecule has 0 saturated heterocycles. The fourth-order valence-corrected chi connectivity index (χ4v) is 2.46. The molecule has 0 aromatic carbocycles. The molecule has 128 valence electrons. The van der Waals surface area contributed by atoms with Gasteiger partial charge in [-0.2, -0.15) is 4.91 Å². The number of hydrogen-bond donors (Lipinski definition) is 2. The first-order valence-electron chi connectivity index (χ1n) is 7.63. The predicted octanol–water partition coefficient (Wildman–Crippen LogP) is 2.47. The third kappa shape index (κ3) is 8.74. The van der Waals surface area contributed by atoms with Gasteiger partial charge in [0.15, 0.2) is 6.54 Å². The van der Waals surface area contributed by atoms with E-state index >= 15 is 0 Å². The van der Waals surface area contributed by atoms with Crippen LogP contribution in [0, 0.1) is 21.2 Å². The van der Waals surface area contributed by atoms with Crippen molar-refractivity contribution in [1.29, 1.82) is 0 Å². The summed E-state index contributed by atoms with van der Waals surface area (Å²) in [5.41, 5.74) is -0.645. The Morgan fingerprint density at radius 3 is 1.73 bits per heavy atom. The number of carbonyl (C=O) groups is 2. The second kappa shape index (κ2) is 7.70. The van der Waals surface area contributed by atoms with Crippen molar-refractivity contribution in [2.24, 2.45) is 21.4 Å². The molecule has 0 atom stereocenters. The van der Waals surface area contributed by atoms with Crippen molar-refractivity contribution in [2.75, 3.05) is 19.6 Å². The molecule has 2 amide bonds. The lowest BCUT2D eigenvalue weighted by molar-refractivity contribution is -0.129. The van der Waals surface area contributed by atoms with Gasteiger partial charge in [-0.1, -0.05) is 53.6 Å². The Balaban J connectivity index is 4.45. The van der Waals surface area contributed by atoms with Crippen LogP contribution in [0.1, 0.15) is 54.9 Å². The molecule has 0 aliphatic heterocycles. The lowest BCUT2D eigenvalue weighted by Gasteiger charge is -2.35. The average molecular weight is 313 g/mol. The van der Waals surface area contributed by atoms with Gasteiger partial charge in [0.25, 0.3) is 0 Å². The van der Waals surface area contributed by atoms with Gasteiger partial charge in [0.05, 0.1) is 0 Å². The Hall–Kier alpha value is -1.46. The minimum absolute atomic E-state index is 0.0312. The summed E-state index contributed by atoms with van der Waals surface area (Å²) in [6.07, 6.45) is 0.819. The van der Waals surface area contributed by atoms with Crippen LogP contribution in [0.15, 0.2) is 5.18 Å². The highest BCUT2D eigenvalue weighted by molar-refractivity contribution is 5.81. The Labute approximate surface area is 133 Å². The van der Waals surface area contributed by atoms with Crippen molar-refractivity contribution in [3.8, 4) is 0 Å². The van der Waals surface area contributed by atoms with E-state index in [-0.39, 0.29) is 29.2 Å². The molecule has 0 heterocycles. The molecule has 6 heteroatoms. The lowest BCUT2D eigenvalue weighted by atomic mass is 9.75. The van der Waals surface area contributed by atoms with Crippen molar-refractivity contribution in [2.45, 2.75) is 54.9 Å². The highest BCUT2D eigenvalue weighted by Crippen LogP contribution is 2.33. The number of hydrogen-bond acceptors (Lipinski definition) is 4. The fourth-order valence-electron chi connectivity index (χ4n) is 2.46. The van der Waals surface area contributed by atoms with Crippen LogP contribution in [-0.4, -0.2) is 31.4 Å². The predicted molar refractivity (Wildman–Crippen MR) is 88.3 cm³/mol. The minimum atomic E-state index is -0.401. The first-order chi connectivity index (χ1) is 9.79. The zero-order valence-electron chi connectivity index (χ0n) is 15.0. The number of rotatable bonds is 8. The molecule has 0 aliphatic rings. The van der Waals surface area contributed by atoms with Gasteiger partial charge in [-0.25, -0.2) is 0 Å². The van der Waals surface area contributed by atoms with Crippen LogP contribution in [-0.2, 0) is 9.59 Å². The third-order valence-electron chi connectivity index (χ3n) is 3.34. The first kappa shape index (κ1) is 20.5. The highest BCUT2D eigenvalue weighted by atomic mass is 16.3. The van der Waals surface area contributed by atoms with E-state index < -0.39 is 5.41 Å². The summed E-state index contributed by atoms with van der Waals surface area (Å²) >= 11 is 0. The summed E-state index contributed by atoms with van der Waals surface area (Å²) in [6, 6.07) is 0. The molecular formula is C16H31N3O3. The molecule has 0 rings (SSSR count). The van der Waals surface area contributed by atoms with E-state index in [0.29, 0.717) is 13.1 Å². The molecule has 0 bridgehead atoms. The molecule has 0 unspecified atom stereocenters. The summed E-state index contributed by atoms with van der Waals surface area (Å²) in [4.78, 5) is 33.3. The standard InChI is InChI=1S/C16H31N3O3/c1-14(2,3)13(21)18-11-16(6,7)9-15(4,5)10-17-12(20)8-19-22/h8-11H2,1-7H3,(H,17,20)(H,18,21). The summed E-state index contributed by atoms with van der Waals surface area (Å²) < 4.78 is 0. The Morgan fingerprint density at radius 2 is 1.32 bits per heavy atom. The maximum atomic E-state index is 12.0. The number of nitroso groups, excluding NO2 is 1.